The molecule has 1 aromatic carbocycles. The van der Waals surface area contributed by atoms with Crippen LogP contribution in [0.1, 0.15) is 24.8 Å². The minimum atomic E-state index is -0.398. The highest BCUT2D eigenvalue weighted by Gasteiger charge is 2.29. The molecule has 1 fully saturated rings. The third-order valence-electron chi connectivity index (χ3n) is 3.13. The molecule has 1 N–H and O–H groups in total. The number of hydrogen-bond acceptors (Lipinski definition) is 3. The number of nitrogens with zero attached hydrogens (tertiary/aromatic N) is 1. The van der Waals surface area contributed by atoms with Gasteiger partial charge in [-0.05, 0) is 53.1 Å². The molecule has 1 unspecified atom stereocenters. The van der Waals surface area contributed by atoms with Gasteiger partial charge in [0.25, 0.3) is 5.69 Å². The first-order valence-corrected chi connectivity index (χ1v) is 6.48. The minimum Gasteiger partial charge on any atom is -0.393 e. The van der Waals surface area contributed by atoms with Gasteiger partial charge >= 0.3 is 0 Å². The van der Waals surface area contributed by atoms with E-state index in [1.807, 2.05) is 6.07 Å². The molecule has 92 valence electrons. The van der Waals surface area contributed by atoms with Crippen molar-refractivity contribution in [1.29, 1.82) is 0 Å². The zero-order valence-electron chi connectivity index (χ0n) is 9.30. The van der Waals surface area contributed by atoms with Gasteiger partial charge in [0.1, 0.15) is 0 Å². The Bertz CT molecular complexity index is 432. The van der Waals surface area contributed by atoms with Crippen LogP contribution in [0.4, 0.5) is 5.69 Å². The lowest BCUT2D eigenvalue weighted by Crippen LogP contribution is -2.10. The number of benzene rings is 1. The van der Waals surface area contributed by atoms with Gasteiger partial charge in [-0.1, -0.05) is 12.1 Å². The molecule has 0 heterocycles. The highest BCUT2D eigenvalue weighted by molar-refractivity contribution is 9.10. The topological polar surface area (TPSA) is 63.4 Å². The van der Waals surface area contributed by atoms with E-state index in [2.05, 4.69) is 15.9 Å². The van der Waals surface area contributed by atoms with Crippen molar-refractivity contribution in [3.05, 3.63) is 38.3 Å². The van der Waals surface area contributed by atoms with Crippen molar-refractivity contribution >= 4 is 21.6 Å². The highest BCUT2D eigenvalue weighted by atomic mass is 79.9. The van der Waals surface area contributed by atoms with Crippen molar-refractivity contribution in [2.75, 3.05) is 0 Å². The molecule has 2 rings (SSSR count). The molecule has 0 spiro atoms. The molecular weight excluding hydrogens is 286 g/mol. The Morgan fingerprint density at radius 3 is 2.82 bits per heavy atom. The molecule has 0 aliphatic heterocycles. The maximum atomic E-state index is 10.8. The molecule has 1 aliphatic carbocycles. The largest absolute Gasteiger partial charge is 0.393 e. The summed E-state index contributed by atoms with van der Waals surface area (Å²) < 4.78 is 0.535. The first kappa shape index (κ1) is 12.5. The highest BCUT2D eigenvalue weighted by Crippen LogP contribution is 2.35. The van der Waals surface area contributed by atoms with Gasteiger partial charge < -0.3 is 5.11 Å². The Kier molecular flexibility index (Phi) is 3.79. The van der Waals surface area contributed by atoms with Gasteiger partial charge in [0.05, 0.1) is 15.5 Å². The van der Waals surface area contributed by atoms with Gasteiger partial charge in [0, 0.05) is 6.07 Å². The number of rotatable bonds is 5. The summed E-state index contributed by atoms with van der Waals surface area (Å²) in [5.74, 6) is 0.451. The predicted octanol–water partition coefficient (Wildman–Crippen LogP) is 3.06. The van der Waals surface area contributed by atoms with Crippen molar-refractivity contribution in [3.63, 3.8) is 0 Å². The van der Waals surface area contributed by atoms with Crippen LogP contribution in [-0.4, -0.2) is 16.1 Å². The van der Waals surface area contributed by atoms with E-state index in [9.17, 15) is 15.2 Å². The monoisotopic (exact) mass is 299 g/mol. The van der Waals surface area contributed by atoms with E-state index in [-0.39, 0.29) is 11.8 Å². The van der Waals surface area contributed by atoms with E-state index in [0.717, 1.165) is 18.4 Å². The van der Waals surface area contributed by atoms with Crippen molar-refractivity contribution in [3.8, 4) is 0 Å². The number of nitro benzene ring substituents is 1. The van der Waals surface area contributed by atoms with Crippen LogP contribution in [0, 0.1) is 16.0 Å². The van der Waals surface area contributed by atoms with Crippen molar-refractivity contribution in [2.24, 2.45) is 5.92 Å². The van der Waals surface area contributed by atoms with Crippen molar-refractivity contribution in [2.45, 2.75) is 31.8 Å². The maximum absolute atomic E-state index is 10.8. The van der Waals surface area contributed by atoms with Crippen LogP contribution in [0.5, 0.6) is 0 Å². The Morgan fingerprint density at radius 2 is 2.24 bits per heavy atom. The van der Waals surface area contributed by atoms with Gasteiger partial charge in [-0.25, -0.2) is 0 Å². The lowest BCUT2D eigenvalue weighted by Gasteiger charge is -2.09. The Morgan fingerprint density at radius 1 is 1.53 bits per heavy atom. The molecular formula is C12H14BrNO3. The average Bonchev–Trinajstić information content (AvgIpc) is 3.10. The van der Waals surface area contributed by atoms with Crippen LogP contribution in [0.15, 0.2) is 22.7 Å². The number of aliphatic hydroxyl groups is 1. The number of nitro groups is 1. The number of halogens is 1. The molecule has 0 saturated heterocycles. The Balaban J connectivity index is 2.04. The van der Waals surface area contributed by atoms with E-state index < -0.39 is 4.92 Å². The smallest absolute Gasteiger partial charge is 0.283 e. The van der Waals surface area contributed by atoms with Gasteiger partial charge in [-0.15, -0.1) is 0 Å². The average molecular weight is 300 g/mol. The zero-order valence-corrected chi connectivity index (χ0v) is 10.9. The summed E-state index contributed by atoms with van der Waals surface area (Å²) >= 11 is 3.26. The normalized spacial score (nSPS) is 16.8. The van der Waals surface area contributed by atoms with Crippen LogP contribution < -0.4 is 0 Å². The second kappa shape index (κ2) is 5.14. The second-order valence-electron chi connectivity index (χ2n) is 4.45. The van der Waals surface area contributed by atoms with Gasteiger partial charge in [0.15, 0.2) is 0 Å². The van der Waals surface area contributed by atoms with E-state index in [1.165, 1.54) is 6.07 Å². The zero-order chi connectivity index (χ0) is 12.4. The quantitative estimate of drug-likeness (QED) is 0.671. The van der Waals surface area contributed by atoms with Crippen molar-refractivity contribution < 1.29 is 10.0 Å². The van der Waals surface area contributed by atoms with Crippen LogP contribution in [0.2, 0.25) is 0 Å². The fourth-order valence-electron chi connectivity index (χ4n) is 1.92. The molecule has 17 heavy (non-hydrogen) atoms. The number of aliphatic hydroxyl groups excluding tert-OH is 1. The molecule has 0 aromatic heterocycles. The number of hydrogen-bond donors (Lipinski definition) is 1. The van der Waals surface area contributed by atoms with Crippen LogP contribution in [0.25, 0.3) is 0 Å². The number of aryl methyl sites for hydroxylation is 1. The van der Waals surface area contributed by atoms with Gasteiger partial charge in [-0.2, -0.15) is 0 Å². The van der Waals surface area contributed by atoms with Gasteiger partial charge in [0.2, 0.25) is 0 Å². The Labute approximate surface area is 108 Å². The summed E-state index contributed by atoms with van der Waals surface area (Å²) in [6.07, 6.45) is 3.29. The van der Waals surface area contributed by atoms with E-state index in [0.29, 0.717) is 23.2 Å². The summed E-state index contributed by atoms with van der Waals surface area (Å²) in [7, 11) is 0. The fraction of sp³-hybridized carbons (Fsp3) is 0.500. The SMILES string of the molecule is O=[N+]([O-])c1cccc(CCC(O)C2CC2)c1Br. The summed E-state index contributed by atoms with van der Waals surface area (Å²) in [5, 5.41) is 20.5. The molecule has 1 atom stereocenters. The lowest BCUT2D eigenvalue weighted by atomic mass is 10.0. The van der Waals surface area contributed by atoms with Gasteiger partial charge in [-0.3, -0.25) is 10.1 Å². The molecule has 0 amide bonds. The third kappa shape index (κ3) is 3.04. The Hall–Kier alpha value is -0.940. The minimum absolute atomic E-state index is 0.0865. The van der Waals surface area contributed by atoms with E-state index >= 15 is 0 Å². The summed E-state index contributed by atoms with van der Waals surface area (Å²) in [4.78, 5) is 10.4. The molecule has 1 aromatic rings. The van der Waals surface area contributed by atoms with Crippen LogP contribution in [0.3, 0.4) is 0 Å². The van der Waals surface area contributed by atoms with Crippen molar-refractivity contribution in [1.82, 2.24) is 0 Å². The van der Waals surface area contributed by atoms with Crippen LogP contribution in [-0.2, 0) is 6.42 Å². The standard InChI is InChI=1S/C12H14BrNO3/c13-12-9(2-1-3-10(12)14(16)17)6-7-11(15)8-4-5-8/h1-3,8,11,15H,4-7H2. The molecule has 4 nitrogen and oxygen atoms in total. The second-order valence-corrected chi connectivity index (χ2v) is 5.24. The maximum Gasteiger partial charge on any atom is 0.283 e. The summed E-state index contributed by atoms with van der Waals surface area (Å²) in [6, 6.07) is 5.02. The van der Waals surface area contributed by atoms with E-state index in [4.69, 9.17) is 0 Å². The fourth-order valence-corrected chi connectivity index (χ4v) is 2.53. The summed E-state index contributed by atoms with van der Waals surface area (Å²) in [5.41, 5.74) is 0.974. The molecule has 0 radical (unpaired) electrons. The predicted molar refractivity (Wildman–Crippen MR) is 67.8 cm³/mol. The van der Waals surface area contributed by atoms with Crippen LogP contribution >= 0.6 is 15.9 Å². The molecule has 0 bridgehead atoms. The van der Waals surface area contributed by atoms with E-state index in [1.54, 1.807) is 6.07 Å². The first-order chi connectivity index (χ1) is 8.09. The molecule has 1 aliphatic rings. The third-order valence-corrected chi connectivity index (χ3v) is 4.05. The lowest BCUT2D eigenvalue weighted by molar-refractivity contribution is -0.385. The molecule has 5 heteroatoms. The first-order valence-electron chi connectivity index (χ1n) is 5.69. The summed E-state index contributed by atoms with van der Waals surface area (Å²) in [6.45, 7) is 0. The molecule has 1 saturated carbocycles.